The molecule has 2 heteroatoms. The molecule has 102 valence electrons. The van der Waals surface area contributed by atoms with E-state index in [9.17, 15) is 0 Å². The number of nitrogens with one attached hydrogen (secondary N) is 1. The number of ether oxygens (including phenoxy) is 1. The highest BCUT2D eigenvalue weighted by molar-refractivity contribution is 4.80. The SMILES string of the molecule is C=C(CCCCCCCCCCCNC)OC. The van der Waals surface area contributed by atoms with E-state index in [1.165, 1.54) is 64.3 Å². The Kier molecular flexibility index (Phi) is 13.2. The van der Waals surface area contributed by atoms with E-state index in [0.717, 1.165) is 12.2 Å². The highest BCUT2D eigenvalue weighted by Gasteiger charge is 1.94. The van der Waals surface area contributed by atoms with Crippen LogP contribution in [-0.2, 0) is 4.74 Å². The van der Waals surface area contributed by atoms with E-state index < -0.39 is 0 Å². The van der Waals surface area contributed by atoms with Crippen LogP contribution in [0, 0.1) is 0 Å². The molecule has 0 unspecified atom stereocenters. The summed E-state index contributed by atoms with van der Waals surface area (Å²) in [7, 11) is 3.73. The maximum atomic E-state index is 5.04. The van der Waals surface area contributed by atoms with Gasteiger partial charge in [0, 0.05) is 6.42 Å². The Morgan fingerprint density at radius 1 is 0.882 bits per heavy atom. The summed E-state index contributed by atoms with van der Waals surface area (Å²) < 4.78 is 5.04. The summed E-state index contributed by atoms with van der Waals surface area (Å²) in [5, 5.41) is 3.19. The van der Waals surface area contributed by atoms with Crippen LogP contribution in [0.1, 0.15) is 64.2 Å². The van der Waals surface area contributed by atoms with Gasteiger partial charge >= 0.3 is 0 Å². The smallest absolute Gasteiger partial charge is 0.0883 e. The average molecular weight is 241 g/mol. The summed E-state index contributed by atoms with van der Waals surface area (Å²) in [6.45, 7) is 5.00. The number of unbranched alkanes of at least 4 members (excludes halogenated alkanes) is 8. The highest BCUT2D eigenvalue weighted by atomic mass is 16.5. The zero-order valence-electron chi connectivity index (χ0n) is 11.9. The highest BCUT2D eigenvalue weighted by Crippen LogP contribution is 2.12. The third kappa shape index (κ3) is 13.4. The van der Waals surface area contributed by atoms with E-state index in [2.05, 4.69) is 11.9 Å². The molecule has 0 aliphatic heterocycles. The fraction of sp³-hybridized carbons (Fsp3) is 0.867. The molecule has 0 aromatic heterocycles. The minimum absolute atomic E-state index is 0.925. The van der Waals surface area contributed by atoms with Gasteiger partial charge in [0.2, 0.25) is 0 Å². The average Bonchev–Trinajstić information content (AvgIpc) is 2.35. The lowest BCUT2D eigenvalue weighted by atomic mass is 10.1. The van der Waals surface area contributed by atoms with Crippen LogP contribution in [0.3, 0.4) is 0 Å². The molecule has 2 nitrogen and oxygen atoms in total. The number of hydrogen-bond donors (Lipinski definition) is 1. The van der Waals surface area contributed by atoms with Gasteiger partial charge in [0.15, 0.2) is 0 Å². The van der Waals surface area contributed by atoms with E-state index >= 15 is 0 Å². The Bertz CT molecular complexity index is 168. The van der Waals surface area contributed by atoms with Crippen molar-refractivity contribution >= 4 is 0 Å². The zero-order chi connectivity index (χ0) is 12.8. The standard InChI is InChI=1S/C15H31NO/c1-15(17-3)13-11-9-7-5-4-6-8-10-12-14-16-2/h16H,1,4-14H2,2-3H3. The molecule has 0 radical (unpaired) electrons. The van der Waals surface area contributed by atoms with Gasteiger partial charge in [-0.2, -0.15) is 0 Å². The van der Waals surface area contributed by atoms with Crippen molar-refractivity contribution in [2.24, 2.45) is 0 Å². The second-order valence-corrected chi connectivity index (χ2v) is 4.78. The monoisotopic (exact) mass is 241 g/mol. The Morgan fingerprint density at radius 3 is 1.82 bits per heavy atom. The van der Waals surface area contributed by atoms with Crippen molar-refractivity contribution < 1.29 is 4.74 Å². The van der Waals surface area contributed by atoms with Crippen molar-refractivity contribution in [1.82, 2.24) is 5.32 Å². The molecule has 0 aliphatic rings. The number of rotatable bonds is 13. The zero-order valence-corrected chi connectivity index (χ0v) is 11.9. The van der Waals surface area contributed by atoms with Gasteiger partial charge in [-0.1, -0.05) is 51.5 Å². The van der Waals surface area contributed by atoms with Gasteiger partial charge in [0.05, 0.1) is 12.9 Å². The fourth-order valence-electron chi connectivity index (χ4n) is 1.96. The van der Waals surface area contributed by atoms with Crippen LogP contribution in [0.15, 0.2) is 12.3 Å². The van der Waals surface area contributed by atoms with Crippen molar-refractivity contribution in [1.29, 1.82) is 0 Å². The van der Waals surface area contributed by atoms with E-state index in [0.29, 0.717) is 0 Å². The van der Waals surface area contributed by atoms with Crippen LogP contribution in [0.5, 0.6) is 0 Å². The first-order chi connectivity index (χ1) is 8.31. The third-order valence-corrected chi connectivity index (χ3v) is 3.17. The predicted octanol–water partition coefficient (Wildman–Crippen LogP) is 4.27. The first kappa shape index (κ1) is 16.5. The molecule has 0 amide bonds. The second-order valence-electron chi connectivity index (χ2n) is 4.78. The summed E-state index contributed by atoms with van der Waals surface area (Å²) in [6.07, 6.45) is 13.3. The van der Waals surface area contributed by atoms with E-state index in [4.69, 9.17) is 4.74 Å². The Morgan fingerprint density at radius 2 is 1.35 bits per heavy atom. The summed E-state index contributed by atoms with van der Waals surface area (Å²) in [4.78, 5) is 0. The maximum Gasteiger partial charge on any atom is 0.0883 e. The molecule has 0 rings (SSSR count). The molecule has 0 bridgehead atoms. The van der Waals surface area contributed by atoms with Gasteiger partial charge in [-0.15, -0.1) is 0 Å². The molecule has 0 aromatic rings. The third-order valence-electron chi connectivity index (χ3n) is 3.17. The molecule has 0 aromatic carbocycles. The second kappa shape index (κ2) is 13.6. The van der Waals surface area contributed by atoms with E-state index in [1.807, 2.05) is 7.05 Å². The fourth-order valence-corrected chi connectivity index (χ4v) is 1.96. The van der Waals surface area contributed by atoms with Crippen LogP contribution in [0.4, 0.5) is 0 Å². The van der Waals surface area contributed by atoms with Crippen LogP contribution in [0.2, 0.25) is 0 Å². The maximum absolute atomic E-state index is 5.04. The minimum Gasteiger partial charge on any atom is -0.502 e. The molecule has 0 aliphatic carbocycles. The van der Waals surface area contributed by atoms with Crippen molar-refractivity contribution in [2.45, 2.75) is 64.2 Å². The quantitative estimate of drug-likeness (QED) is 0.384. The molecule has 0 heterocycles. The van der Waals surface area contributed by atoms with Crippen LogP contribution in [0.25, 0.3) is 0 Å². The first-order valence-electron chi connectivity index (χ1n) is 7.17. The van der Waals surface area contributed by atoms with Gasteiger partial charge in [-0.05, 0) is 26.4 Å². The predicted molar refractivity (Wildman–Crippen MR) is 76.2 cm³/mol. The molecular formula is C15H31NO. The Hall–Kier alpha value is -0.500. The van der Waals surface area contributed by atoms with Crippen molar-refractivity contribution in [3.05, 3.63) is 12.3 Å². The molecular weight excluding hydrogens is 210 g/mol. The summed E-state index contributed by atoms with van der Waals surface area (Å²) >= 11 is 0. The molecule has 0 spiro atoms. The van der Waals surface area contributed by atoms with Gasteiger partial charge in [-0.3, -0.25) is 0 Å². The lowest BCUT2D eigenvalue weighted by Crippen LogP contribution is -2.06. The number of methoxy groups -OCH3 is 1. The van der Waals surface area contributed by atoms with E-state index in [-0.39, 0.29) is 0 Å². The lowest BCUT2D eigenvalue weighted by molar-refractivity contribution is 0.276. The van der Waals surface area contributed by atoms with Crippen LogP contribution in [-0.4, -0.2) is 20.7 Å². The summed E-state index contributed by atoms with van der Waals surface area (Å²) in [5.74, 6) is 0.925. The largest absolute Gasteiger partial charge is 0.502 e. The minimum atomic E-state index is 0.925. The van der Waals surface area contributed by atoms with E-state index in [1.54, 1.807) is 7.11 Å². The van der Waals surface area contributed by atoms with Gasteiger partial charge in [0.1, 0.15) is 0 Å². The van der Waals surface area contributed by atoms with Crippen molar-refractivity contribution in [3.63, 3.8) is 0 Å². The van der Waals surface area contributed by atoms with Gasteiger partial charge in [0.25, 0.3) is 0 Å². The van der Waals surface area contributed by atoms with Crippen molar-refractivity contribution in [3.8, 4) is 0 Å². The molecule has 0 saturated carbocycles. The number of hydrogen-bond acceptors (Lipinski definition) is 2. The summed E-state index contributed by atoms with van der Waals surface area (Å²) in [5.41, 5.74) is 0. The van der Waals surface area contributed by atoms with Crippen molar-refractivity contribution in [2.75, 3.05) is 20.7 Å². The normalized spacial score (nSPS) is 10.5. The molecule has 0 atom stereocenters. The van der Waals surface area contributed by atoms with Crippen LogP contribution < -0.4 is 5.32 Å². The summed E-state index contributed by atoms with van der Waals surface area (Å²) in [6, 6.07) is 0. The topological polar surface area (TPSA) is 21.3 Å². The molecule has 0 fully saturated rings. The lowest BCUT2D eigenvalue weighted by Gasteiger charge is -2.04. The number of allylic oxidation sites excluding steroid dienone is 1. The Balaban J connectivity index is 2.96. The molecule has 0 saturated heterocycles. The molecule has 17 heavy (non-hydrogen) atoms. The molecule has 1 N–H and O–H groups in total. The first-order valence-corrected chi connectivity index (χ1v) is 7.17. The van der Waals surface area contributed by atoms with Gasteiger partial charge in [-0.25, -0.2) is 0 Å². The van der Waals surface area contributed by atoms with Gasteiger partial charge < -0.3 is 10.1 Å². The van der Waals surface area contributed by atoms with Crippen LogP contribution >= 0.6 is 0 Å². The Labute approximate surface area is 108 Å².